The Balaban J connectivity index is 1.12. The number of nitro groups is 1. The predicted molar refractivity (Wildman–Crippen MR) is 132 cm³/mol. The number of rotatable bonds is 6. The zero-order valence-corrected chi connectivity index (χ0v) is 21.0. The molecule has 7 rings (SSSR count). The summed E-state index contributed by atoms with van der Waals surface area (Å²) >= 11 is 6.20. The Bertz CT molecular complexity index is 1160. The largest absolute Gasteiger partial charge is 0.340 e. The van der Waals surface area contributed by atoms with Crippen molar-refractivity contribution in [3.63, 3.8) is 0 Å². The lowest BCUT2D eigenvalue weighted by molar-refractivity contribution is -0.385. The maximum Gasteiger partial charge on any atom is 0.307 e. The van der Waals surface area contributed by atoms with Gasteiger partial charge < -0.3 is 4.90 Å². The molecular formula is C26H31ClFN5O3. The van der Waals surface area contributed by atoms with Crippen molar-refractivity contribution >= 4 is 23.2 Å². The fraction of sp³-hybridized carbons (Fsp3) is 0.615. The number of amides is 1. The van der Waals surface area contributed by atoms with Crippen LogP contribution in [-0.4, -0.2) is 56.6 Å². The van der Waals surface area contributed by atoms with E-state index >= 15 is 0 Å². The van der Waals surface area contributed by atoms with Gasteiger partial charge in [-0.15, -0.1) is 0 Å². The van der Waals surface area contributed by atoms with Crippen molar-refractivity contribution in [2.75, 3.05) is 26.2 Å². The van der Waals surface area contributed by atoms with Crippen molar-refractivity contribution in [1.82, 2.24) is 19.6 Å². The number of piperazine rings is 1. The van der Waals surface area contributed by atoms with E-state index in [-0.39, 0.29) is 33.3 Å². The van der Waals surface area contributed by atoms with Crippen molar-refractivity contribution in [3.05, 3.63) is 57.1 Å². The second kappa shape index (κ2) is 8.80. The van der Waals surface area contributed by atoms with Gasteiger partial charge in [0.2, 0.25) is 5.91 Å². The molecule has 1 amide bonds. The monoisotopic (exact) mass is 515 g/mol. The summed E-state index contributed by atoms with van der Waals surface area (Å²) < 4.78 is 16.1. The molecule has 2 heterocycles. The first-order valence-corrected chi connectivity index (χ1v) is 13.2. The van der Waals surface area contributed by atoms with Crippen LogP contribution in [0.3, 0.4) is 0 Å². The van der Waals surface area contributed by atoms with Crippen LogP contribution in [0.5, 0.6) is 0 Å². The van der Waals surface area contributed by atoms with Gasteiger partial charge in [0, 0.05) is 49.7 Å². The number of benzene rings is 1. The van der Waals surface area contributed by atoms with Crippen molar-refractivity contribution in [1.29, 1.82) is 0 Å². The van der Waals surface area contributed by atoms with Crippen LogP contribution >= 0.6 is 11.6 Å². The lowest BCUT2D eigenvalue weighted by Crippen LogP contribution is -2.58. The van der Waals surface area contributed by atoms with Gasteiger partial charge in [-0.1, -0.05) is 17.7 Å². The summed E-state index contributed by atoms with van der Waals surface area (Å²) in [5.74, 6) is 0.996. The molecule has 2 aromatic rings. The zero-order valence-electron chi connectivity index (χ0n) is 20.2. The Labute approximate surface area is 214 Å². The van der Waals surface area contributed by atoms with E-state index in [4.69, 9.17) is 11.6 Å². The molecule has 0 spiro atoms. The molecular weight excluding hydrogens is 485 g/mol. The summed E-state index contributed by atoms with van der Waals surface area (Å²) in [6.45, 7) is 3.08. The molecule has 5 aliphatic rings. The standard InChI is InChI=1S/C26H31ClFN5O3/c27-22-2-1-3-23(28)21(22)16-30-4-6-31(7-5-30)24(34)13-25-9-18-8-19(10-25)12-26(11-18,17-25)32-15-20(14-29-32)33(35)36/h1-3,14-15,18-19H,4-13,16-17H2. The van der Waals surface area contributed by atoms with E-state index in [1.165, 1.54) is 18.7 Å². The maximum atomic E-state index is 14.2. The highest BCUT2D eigenvalue weighted by Gasteiger charge is 2.59. The highest BCUT2D eigenvalue weighted by Crippen LogP contribution is 2.65. The quantitative estimate of drug-likeness (QED) is 0.414. The van der Waals surface area contributed by atoms with Crippen LogP contribution in [0.1, 0.15) is 50.5 Å². The summed E-state index contributed by atoms with van der Waals surface area (Å²) in [5, 5.41) is 16.1. The van der Waals surface area contributed by atoms with E-state index < -0.39 is 0 Å². The number of hydrogen-bond donors (Lipinski definition) is 0. The number of nitrogens with zero attached hydrogens (tertiary/aromatic N) is 5. The normalized spacial score (nSPS) is 31.7. The molecule has 1 aromatic heterocycles. The minimum atomic E-state index is -0.386. The minimum absolute atomic E-state index is 0.0328. The van der Waals surface area contributed by atoms with E-state index in [1.807, 2.05) is 9.58 Å². The van der Waals surface area contributed by atoms with Crippen molar-refractivity contribution in [2.24, 2.45) is 17.3 Å². The van der Waals surface area contributed by atoms with Crippen LogP contribution in [0, 0.1) is 33.2 Å². The smallest absolute Gasteiger partial charge is 0.307 e. The van der Waals surface area contributed by atoms with Gasteiger partial charge in [-0.25, -0.2) is 4.39 Å². The number of hydrogen-bond acceptors (Lipinski definition) is 5. The van der Waals surface area contributed by atoms with Crippen LogP contribution in [0.2, 0.25) is 5.02 Å². The summed E-state index contributed by atoms with van der Waals surface area (Å²) in [5.41, 5.74) is 0.276. The second-order valence-electron chi connectivity index (χ2n) is 11.6. The molecule has 2 atom stereocenters. The van der Waals surface area contributed by atoms with E-state index in [0.717, 1.165) is 32.1 Å². The summed E-state index contributed by atoms with van der Waals surface area (Å²) in [4.78, 5) is 28.5. The molecule has 1 aromatic carbocycles. The molecule has 4 saturated carbocycles. The van der Waals surface area contributed by atoms with Crippen LogP contribution in [0.15, 0.2) is 30.6 Å². The Hall–Kier alpha value is -2.52. The molecule has 192 valence electrons. The Morgan fingerprint density at radius 3 is 2.53 bits per heavy atom. The van der Waals surface area contributed by atoms with Gasteiger partial charge in [0.1, 0.15) is 18.2 Å². The van der Waals surface area contributed by atoms with Gasteiger partial charge in [-0.05, 0) is 67.9 Å². The lowest BCUT2D eigenvalue weighted by Gasteiger charge is -2.62. The van der Waals surface area contributed by atoms with Gasteiger partial charge in [0.15, 0.2) is 0 Å². The first-order chi connectivity index (χ1) is 17.2. The van der Waals surface area contributed by atoms with E-state index in [9.17, 15) is 19.3 Å². The molecule has 1 aliphatic heterocycles. The number of carbonyl (C=O) groups excluding carboxylic acids is 1. The van der Waals surface area contributed by atoms with Crippen LogP contribution in [0.25, 0.3) is 0 Å². The molecule has 5 fully saturated rings. The molecule has 0 N–H and O–H groups in total. The average Bonchev–Trinajstić information content (AvgIpc) is 3.33. The molecule has 10 heteroatoms. The zero-order chi connectivity index (χ0) is 25.1. The minimum Gasteiger partial charge on any atom is -0.340 e. The highest BCUT2D eigenvalue weighted by atomic mass is 35.5. The molecule has 36 heavy (non-hydrogen) atoms. The number of carbonyl (C=O) groups is 1. The number of aromatic nitrogens is 2. The first-order valence-electron chi connectivity index (χ1n) is 12.9. The van der Waals surface area contributed by atoms with Crippen molar-refractivity contribution < 1.29 is 14.1 Å². The number of halogens is 2. The van der Waals surface area contributed by atoms with Gasteiger partial charge in [-0.3, -0.25) is 24.5 Å². The topological polar surface area (TPSA) is 84.5 Å². The molecule has 1 saturated heterocycles. The summed E-state index contributed by atoms with van der Waals surface area (Å²) in [6, 6.07) is 4.75. The maximum absolute atomic E-state index is 14.2. The molecule has 4 bridgehead atoms. The first kappa shape index (κ1) is 23.9. The summed E-state index contributed by atoms with van der Waals surface area (Å²) in [6.07, 6.45) is 9.64. The lowest BCUT2D eigenvalue weighted by atomic mass is 9.46. The molecule has 0 radical (unpaired) electrons. The molecule has 8 nitrogen and oxygen atoms in total. The fourth-order valence-electron chi connectivity index (χ4n) is 8.04. The molecule has 2 unspecified atom stereocenters. The van der Waals surface area contributed by atoms with E-state index in [2.05, 4.69) is 10.00 Å². The summed E-state index contributed by atoms with van der Waals surface area (Å²) in [7, 11) is 0. The van der Waals surface area contributed by atoms with E-state index in [0.29, 0.717) is 61.6 Å². The van der Waals surface area contributed by atoms with Gasteiger partial charge >= 0.3 is 5.69 Å². The van der Waals surface area contributed by atoms with Crippen molar-refractivity contribution in [3.8, 4) is 0 Å². The second-order valence-corrected chi connectivity index (χ2v) is 12.0. The highest BCUT2D eigenvalue weighted by molar-refractivity contribution is 6.31. The third-order valence-electron chi connectivity index (χ3n) is 9.11. The predicted octanol–water partition coefficient (Wildman–Crippen LogP) is 4.61. The van der Waals surface area contributed by atoms with Gasteiger partial charge in [0.05, 0.1) is 10.5 Å². The SMILES string of the molecule is O=C(CC12CC3CC(C1)CC(n1cc([N+](=O)[O-])cn1)(C3)C2)N1CCN(Cc2c(F)cccc2Cl)CC1. The Morgan fingerprint density at radius 2 is 1.89 bits per heavy atom. The third kappa shape index (κ3) is 4.20. The third-order valence-corrected chi connectivity index (χ3v) is 9.47. The van der Waals surface area contributed by atoms with Crippen molar-refractivity contribution in [2.45, 2.75) is 57.0 Å². The van der Waals surface area contributed by atoms with Crippen LogP contribution in [-0.2, 0) is 16.9 Å². The fourth-order valence-corrected chi connectivity index (χ4v) is 8.26. The Kier molecular flexibility index (Phi) is 5.83. The van der Waals surface area contributed by atoms with E-state index in [1.54, 1.807) is 18.3 Å². The van der Waals surface area contributed by atoms with Gasteiger partial charge in [-0.2, -0.15) is 5.10 Å². The van der Waals surface area contributed by atoms with Crippen LogP contribution in [0.4, 0.5) is 10.1 Å². The Morgan fingerprint density at radius 1 is 1.17 bits per heavy atom. The average molecular weight is 516 g/mol. The van der Waals surface area contributed by atoms with Gasteiger partial charge in [0.25, 0.3) is 0 Å². The molecule has 4 aliphatic carbocycles. The van der Waals surface area contributed by atoms with Crippen LogP contribution < -0.4 is 0 Å².